The van der Waals surface area contributed by atoms with Gasteiger partial charge in [-0.3, -0.25) is 14.6 Å². The van der Waals surface area contributed by atoms with Crippen LogP contribution >= 0.6 is 0 Å². The van der Waals surface area contributed by atoms with Crippen LogP contribution in [0.3, 0.4) is 0 Å². The highest BCUT2D eigenvalue weighted by Gasteiger charge is 2.12. The van der Waals surface area contributed by atoms with Gasteiger partial charge in [0.2, 0.25) is 0 Å². The van der Waals surface area contributed by atoms with E-state index in [1.54, 1.807) is 36.4 Å². The Bertz CT molecular complexity index is 984. The van der Waals surface area contributed by atoms with Crippen molar-refractivity contribution in [1.82, 2.24) is 4.98 Å². The number of aryl methyl sites for hydroxylation is 1. The maximum Gasteiger partial charge on any atom is 0.274 e. The molecule has 0 atom stereocenters. The largest absolute Gasteiger partial charge is 0.494 e. The van der Waals surface area contributed by atoms with Crippen LogP contribution in [0.2, 0.25) is 0 Å². The molecule has 2 N–H and O–H groups in total. The summed E-state index contributed by atoms with van der Waals surface area (Å²) in [7, 11) is 0. The first kappa shape index (κ1) is 19.1. The fourth-order valence-electron chi connectivity index (χ4n) is 2.62. The summed E-state index contributed by atoms with van der Waals surface area (Å²) in [6.07, 6.45) is 1.44. The lowest BCUT2D eigenvalue weighted by molar-refractivity contribution is 0.102. The fourth-order valence-corrected chi connectivity index (χ4v) is 2.62. The van der Waals surface area contributed by atoms with Gasteiger partial charge in [-0.05, 0) is 67.9 Å². The number of hydrogen-bond acceptors (Lipinski definition) is 4. The number of carbonyl (C=O) groups excluding carboxylic acids is 2. The number of rotatable bonds is 6. The maximum atomic E-state index is 12.5. The van der Waals surface area contributed by atoms with Crippen LogP contribution in [0.4, 0.5) is 11.4 Å². The van der Waals surface area contributed by atoms with Crippen LogP contribution in [0.25, 0.3) is 0 Å². The van der Waals surface area contributed by atoms with Gasteiger partial charge in [0.25, 0.3) is 11.8 Å². The normalized spacial score (nSPS) is 10.2. The van der Waals surface area contributed by atoms with Crippen molar-refractivity contribution in [3.63, 3.8) is 0 Å². The second-order valence-electron chi connectivity index (χ2n) is 6.16. The van der Waals surface area contributed by atoms with E-state index < -0.39 is 0 Å². The highest BCUT2D eigenvalue weighted by Crippen LogP contribution is 2.17. The number of ether oxygens (including phenoxy) is 1. The first-order valence-corrected chi connectivity index (χ1v) is 8.93. The lowest BCUT2D eigenvalue weighted by atomic mass is 10.2. The first-order chi connectivity index (χ1) is 13.5. The number of nitrogens with one attached hydrogen (secondary N) is 2. The Labute approximate surface area is 163 Å². The van der Waals surface area contributed by atoms with Crippen molar-refractivity contribution in [3.05, 3.63) is 83.7 Å². The zero-order valence-corrected chi connectivity index (χ0v) is 15.7. The molecule has 0 spiro atoms. The van der Waals surface area contributed by atoms with E-state index in [-0.39, 0.29) is 17.5 Å². The molecule has 0 aliphatic carbocycles. The Kier molecular flexibility index (Phi) is 6.01. The van der Waals surface area contributed by atoms with Gasteiger partial charge in [-0.15, -0.1) is 0 Å². The Morgan fingerprint density at radius 1 is 0.929 bits per heavy atom. The number of nitrogens with zero attached hydrogens (tertiary/aromatic N) is 1. The number of aromatic nitrogens is 1. The summed E-state index contributed by atoms with van der Waals surface area (Å²) in [5.41, 5.74) is 2.86. The van der Waals surface area contributed by atoms with E-state index in [1.165, 1.54) is 12.3 Å². The SMILES string of the molecule is CCOc1ccc(NC(=O)c2ccnc(C(=O)Nc3cccc(C)c3)c2)cc1. The molecule has 6 nitrogen and oxygen atoms in total. The standard InChI is InChI=1S/C22H21N3O3/c1-3-28-19-9-7-17(8-10-19)24-21(26)16-11-12-23-20(14-16)22(27)25-18-6-4-5-15(2)13-18/h4-14H,3H2,1-2H3,(H,24,26)(H,25,27). The quantitative estimate of drug-likeness (QED) is 0.673. The fraction of sp³-hybridized carbons (Fsp3) is 0.136. The minimum Gasteiger partial charge on any atom is -0.494 e. The first-order valence-electron chi connectivity index (χ1n) is 8.93. The topological polar surface area (TPSA) is 80.3 Å². The van der Waals surface area contributed by atoms with Crippen LogP contribution in [-0.4, -0.2) is 23.4 Å². The van der Waals surface area contributed by atoms with E-state index >= 15 is 0 Å². The van der Waals surface area contributed by atoms with Crippen LogP contribution in [0.1, 0.15) is 33.3 Å². The van der Waals surface area contributed by atoms with Gasteiger partial charge in [0.15, 0.2) is 0 Å². The summed E-state index contributed by atoms with van der Waals surface area (Å²) in [6.45, 7) is 4.43. The molecule has 0 aliphatic heterocycles. The molecule has 1 aromatic heterocycles. The number of carbonyl (C=O) groups is 2. The molecule has 3 rings (SSSR count). The van der Waals surface area contributed by atoms with Crippen molar-refractivity contribution in [2.45, 2.75) is 13.8 Å². The zero-order chi connectivity index (χ0) is 19.9. The average molecular weight is 375 g/mol. The van der Waals surface area contributed by atoms with Crippen molar-refractivity contribution in [2.75, 3.05) is 17.2 Å². The molecule has 0 aliphatic rings. The van der Waals surface area contributed by atoms with Gasteiger partial charge in [0, 0.05) is 23.1 Å². The van der Waals surface area contributed by atoms with Gasteiger partial charge in [-0.25, -0.2) is 0 Å². The minimum absolute atomic E-state index is 0.167. The summed E-state index contributed by atoms with van der Waals surface area (Å²) < 4.78 is 5.38. The maximum absolute atomic E-state index is 12.5. The molecule has 0 fully saturated rings. The van der Waals surface area contributed by atoms with E-state index in [1.807, 2.05) is 32.0 Å². The van der Waals surface area contributed by atoms with Gasteiger partial charge in [-0.1, -0.05) is 12.1 Å². The molecule has 0 radical (unpaired) electrons. The van der Waals surface area contributed by atoms with E-state index in [4.69, 9.17) is 4.74 Å². The van der Waals surface area contributed by atoms with Gasteiger partial charge in [-0.2, -0.15) is 0 Å². The van der Waals surface area contributed by atoms with Gasteiger partial charge >= 0.3 is 0 Å². The minimum atomic E-state index is -0.374. The lowest BCUT2D eigenvalue weighted by Gasteiger charge is -2.09. The molecule has 142 valence electrons. The summed E-state index contributed by atoms with van der Waals surface area (Å²) in [5, 5.41) is 5.58. The second-order valence-corrected chi connectivity index (χ2v) is 6.16. The van der Waals surface area contributed by atoms with Crippen molar-refractivity contribution in [2.24, 2.45) is 0 Å². The Hall–Kier alpha value is -3.67. The average Bonchev–Trinajstić information content (AvgIpc) is 2.70. The molecule has 0 bridgehead atoms. The third-order valence-corrected chi connectivity index (χ3v) is 3.95. The Morgan fingerprint density at radius 2 is 1.68 bits per heavy atom. The summed E-state index contributed by atoms with van der Waals surface area (Å²) >= 11 is 0. The Morgan fingerprint density at radius 3 is 2.39 bits per heavy atom. The molecular formula is C22H21N3O3. The number of benzene rings is 2. The Balaban J connectivity index is 1.69. The van der Waals surface area contributed by atoms with Crippen LogP contribution in [0.5, 0.6) is 5.75 Å². The van der Waals surface area contributed by atoms with E-state index in [0.29, 0.717) is 23.5 Å². The molecule has 1 heterocycles. The van der Waals surface area contributed by atoms with Crippen molar-refractivity contribution in [3.8, 4) is 5.75 Å². The van der Waals surface area contributed by atoms with Crippen LogP contribution in [-0.2, 0) is 0 Å². The lowest BCUT2D eigenvalue weighted by Crippen LogP contribution is -2.17. The van der Waals surface area contributed by atoms with Crippen molar-refractivity contribution in [1.29, 1.82) is 0 Å². The highest BCUT2D eigenvalue weighted by atomic mass is 16.5. The van der Waals surface area contributed by atoms with Crippen molar-refractivity contribution < 1.29 is 14.3 Å². The number of pyridine rings is 1. The number of hydrogen-bond donors (Lipinski definition) is 2. The molecule has 0 saturated carbocycles. The van der Waals surface area contributed by atoms with Crippen LogP contribution in [0.15, 0.2) is 66.9 Å². The van der Waals surface area contributed by atoms with Gasteiger partial charge in [0.1, 0.15) is 11.4 Å². The molecule has 0 unspecified atom stereocenters. The van der Waals surface area contributed by atoms with E-state index in [2.05, 4.69) is 15.6 Å². The van der Waals surface area contributed by atoms with Crippen molar-refractivity contribution >= 4 is 23.2 Å². The molecule has 2 aromatic carbocycles. The highest BCUT2D eigenvalue weighted by molar-refractivity contribution is 6.07. The summed E-state index contributed by atoms with van der Waals surface area (Å²) in [5.74, 6) is 0.0389. The third-order valence-electron chi connectivity index (χ3n) is 3.95. The molecule has 6 heteroatoms. The number of anilines is 2. The second kappa shape index (κ2) is 8.81. The summed E-state index contributed by atoms with van der Waals surface area (Å²) in [4.78, 5) is 29.0. The molecule has 28 heavy (non-hydrogen) atoms. The predicted molar refractivity (Wildman–Crippen MR) is 109 cm³/mol. The van der Waals surface area contributed by atoms with Crippen LogP contribution in [0, 0.1) is 6.92 Å². The van der Waals surface area contributed by atoms with Gasteiger partial charge < -0.3 is 15.4 Å². The number of amides is 2. The van der Waals surface area contributed by atoms with E-state index in [0.717, 1.165) is 11.3 Å². The molecule has 2 amide bonds. The predicted octanol–water partition coefficient (Wildman–Crippen LogP) is 4.29. The molecular weight excluding hydrogens is 354 g/mol. The zero-order valence-electron chi connectivity index (χ0n) is 15.7. The molecule has 3 aromatic rings. The van der Waals surface area contributed by atoms with E-state index in [9.17, 15) is 9.59 Å². The third kappa shape index (κ3) is 4.94. The monoisotopic (exact) mass is 375 g/mol. The smallest absolute Gasteiger partial charge is 0.274 e. The van der Waals surface area contributed by atoms with Crippen LogP contribution < -0.4 is 15.4 Å². The molecule has 0 saturated heterocycles. The summed E-state index contributed by atoms with van der Waals surface area (Å²) in [6, 6.07) is 17.6. The van der Waals surface area contributed by atoms with Gasteiger partial charge in [0.05, 0.1) is 6.61 Å².